The number of fused-ring (bicyclic) bond motifs is 9. The van der Waals surface area contributed by atoms with Gasteiger partial charge in [-0.05, 0) is 42.5 Å². The van der Waals surface area contributed by atoms with Gasteiger partial charge in [0.15, 0.2) is 11.4 Å². The predicted molar refractivity (Wildman–Crippen MR) is 239 cm³/mol. The Bertz CT molecular complexity index is 3520. The van der Waals surface area contributed by atoms with E-state index in [0.717, 1.165) is 93.8 Å². The molecule has 0 fully saturated rings. The van der Waals surface area contributed by atoms with Gasteiger partial charge in [-0.1, -0.05) is 146 Å². The largest absolute Gasteiger partial charge is 0.453 e. The molecular weight excluding hydrogens is 723 g/mol. The smallest absolute Gasteiger partial charge is 0.164 e. The van der Waals surface area contributed by atoms with E-state index in [1.165, 1.54) is 0 Å². The second kappa shape index (κ2) is 12.9. The van der Waals surface area contributed by atoms with Crippen LogP contribution in [0.3, 0.4) is 0 Å². The maximum absolute atomic E-state index is 11.3. The lowest BCUT2D eigenvalue weighted by Gasteiger charge is -2.18. The van der Waals surface area contributed by atoms with E-state index in [9.17, 15) is 5.26 Å². The highest BCUT2D eigenvalue weighted by Crippen LogP contribution is 2.46. The molecule has 0 radical (unpaired) electrons. The summed E-state index contributed by atoms with van der Waals surface area (Å²) in [5, 5.41) is 17.4. The zero-order valence-electron chi connectivity index (χ0n) is 31.5. The van der Waals surface area contributed by atoms with Gasteiger partial charge in [0.1, 0.15) is 17.3 Å². The molecule has 4 heterocycles. The van der Waals surface area contributed by atoms with E-state index in [-0.39, 0.29) is 0 Å². The van der Waals surface area contributed by atoms with Crippen molar-refractivity contribution in [2.75, 3.05) is 0 Å². The molecule has 0 atom stereocenters. The molecule has 0 saturated carbocycles. The quantitative estimate of drug-likeness (QED) is 0.175. The van der Waals surface area contributed by atoms with Crippen LogP contribution in [0, 0.1) is 11.3 Å². The summed E-state index contributed by atoms with van der Waals surface area (Å²) in [5.41, 5.74) is 11.8. The molecule has 4 aromatic heterocycles. The van der Waals surface area contributed by atoms with Crippen molar-refractivity contribution in [3.63, 3.8) is 0 Å². The molecule has 0 amide bonds. The lowest BCUT2D eigenvalue weighted by molar-refractivity contribution is 0.666. The number of nitriles is 1. The highest BCUT2D eigenvalue weighted by Gasteiger charge is 2.28. The summed E-state index contributed by atoms with van der Waals surface area (Å²) in [5.74, 6) is 0.552. The third kappa shape index (κ3) is 4.92. The van der Waals surface area contributed by atoms with Crippen molar-refractivity contribution in [3.8, 4) is 51.3 Å². The number of furan rings is 1. The number of rotatable bonds is 5. The van der Waals surface area contributed by atoms with Gasteiger partial charge in [0.25, 0.3) is 0 Å². The topological polar surface area (TPSA) is 72.6 Å². The van der Waals surface area contributed by atoms with E-state index in [1.54, 1.807) is 0 Å². The lowest BCUT2D eigenvalue weighted by atomic mass is 10.0. The summed E-state index contributed by atoms with van der Waals surface area (Å²) in [6, 6.07) is 67.0. The van der Waals surface area contributed by atoms with Crippen molar-refractivity contribution in [2.24, 2.45) is 0 Å². The van der Waals surface area contributed by atoms with E-state index in [2.05, 4.69) is 143 Å². The van der Waals surface area contributed by atoms with Crippen LogP contribution < -0.4 is 0 Å². The van der Waals surface area contributed by atoms with E-state index in [0.29, 0.717) is 22.6 Å². The molecule has 8 aromatic carbocycles. The van der Waals surface area contributed by atoms with Crippen molar-refractivity contribution >= 4 is 65.6 Å². The van der Waals surface area contributed by atoms with E-state index >= 15 is 0 Å². The number of para-hydroxylation sites is 5. The molecule has 12 aromatic rings. The Labute approximate surface area is 338 Å². The minimum absolute atomic E-state index is 0.530. The predicted octanol–water partition coefficient (Wildman–Crippen LogP) is 13.4. The minimum atomic E-state index is 0.530. The highest BCUT2D eigenvalue weighted by molar-refractivity contribution is 6.17. The fourth-order valence-corrected chi connectivity index (χ4v) is 9.01. The Hall–Kier alpha value is -8.27. The van der Waals surface area contributed by atoms with Gasteiger partial charge in [-0.3, -0.25) is 0 Å². The second-order valence-electron chi connectivity index (χ2n) is 14.8. The van der Waals surface area contributed by atoms with Crippen molar-refractivity contribution in [1.82, 2.24) is 19.1 Å². The summed E-state index contributed by atoms with van der Waals surface area (Å²) >= 11 is 0. The van der Waals surface area contributed by atoms with Crippen LogP contribution in [0.15, 0.2) is 192 Å². The van der Waals surface area contributed by atoms with Crippen LogP contribution in [0.1, 0.15) is 5.56 Å². The standard InChI is InChI=1S/C53H31N5O/c54-32-35-30-42-40-24-15-25-41(53-55-43(33-16-3-1-4-17-33)31-44(56-53)34-18-5-2-6-19-34)51(40)59-52(42)50(58-47-28-13-9-22-38(47)39-23-10-14-29-48(39)58)49(35)57-45-26-11-7-20-36(45)37-21-8-12-27-46(37)57/h1-31H. The van der Waals surface area contributed by atoms with Gasteiger partial charge >= 0.3 is 0 Å². The molecule has 6 heteroatoms. The third-order valence-corrected chi connectivity index (χ3v) is 11.6. The Morgan fingerprint density at radius 1 is 0.407 bits per heavy atom. The summed E-state index contributed by atoms with van der Waals surface area (Å²) < 4.78 is 11.9. The SMILES string of the molecule is N#Cc1cc2c(oc3c(-c4nc(-c5ccccc5)cc(-c5ccccc5)n4)cccc32)c(-n2c3ccccc3c3ccccc32)c1-n1c2ccccc2c2ccccc21. The third-order valence-electron chi connectivity index (χ3n) is 11.6. The van der Waals surface area contributed by atoms with Crippen molar-refractivity contribution in [3.05, 3.63) is 194 Å². The zero-order valence-corrected chi connectivity index (χ0v) is 31.5. The summed E-state index contributed by atoms with van der Waals surface area (Å²) in [7, 11) is 0. The average Bonchev–Trinajstić information content (AvgIpc) is 3.96. The minimum Gasteiger partial charge on any atom is -0.453 e. The number of aromatic nitrogens is 4. The Morgan fingerprint density at radius 2 is 0.847 bits per heavy atom. The maximum Gasteiger partial charge on any atom is 0.164 e. The molecule has 0 spiro atoms. The van der Waals surface area contributed by atoms with Crippen LogP contribution in [0.25, 0.3) is 111 Å². The molecule has 0 aliphatic carbocycles. The Balaban J connectivity index is 1.24. The molecule has 0 bridgehead atoms. The van der Waals surface area contributed by atoms with E-state index in [1.807, 2.05) is 60.7 Å². The van der Waals surface area contributed by atoms with Gasteiger partial charge in [0, 0.05) is 43.4 Å². The molecule has 0 aliphatic heterocycles. The van der Waals surface area contributed by atoms with Gasteiger partial charge in [0.05, 0.1) is 50.3 Å². The number of nitrogens with zero attached hydrogens (tertiary/aromatic N) is 5. The first-order valence-electron chi connectivity index (χ1n) is 19.6. The molecule has 0 aliphatic rings. The molecule has 274 valence electrons. The first kappa shape index (κ1) is 32.9. The first-order valence-corrected chi connectivity index (χ1v) is 19.6. The van der Waals surface area contributed by atoms with Crippen LogP contribution >= 0.6 is 0 Å². The van der Waals surface area contributed by atoms with Gasteiger partial charge in [-0.15, -0.1) is 0 Å². The maximum atomic E-state index is 11.3. The number of hydrogen-bond acceptors (Lipinski definition) is 4. The van der Waals surface area contributed by atoms with Crippen molar-refractivity contribution in [1.29, 1.82) is 5.26 Å². The number of benzene rings is 8. The van der Waals surface area contributed by atoms with Gasteiger partial charge in [-0.2, -0.15) is 5.26 Å². The zero-order chi connectivity index (χ0) is 39.0. The van der Waals surface area contributed by atoms with Crippen molar-refractivity contribution < 1.29 is 4.42 Å². The van der Waals surface area contributed by atoms with E-state index < -0.39 is 0 Å². The fourth-order valence-electron chi connectivity index (χ4n) is 9.01. The average molecular weight is 754 g/mol. The van der Waals surface area contributed by atoms with Crippen molar-refractivity contribution in [2.45, 2.75) is 0 Å². The molecule has 0 saturated heterocycles. The van der Waals surface area contributed by atoms with Crippen LogP contribution in [0.5, 0.6) is 0 Å². The summed E-state index contributed by atoms with van der Waals surface area (Å²) in [4.78, 5) is 10.4. The van der Waals surface area contributed by atoms with Gasteiger partial charge < -0.3 is 13.6 Å². The normalized spacial score (nSPS) is 11.7. The molecule has 6 nitrogen and oxygen atoms in total. The second-order valence-corrected chi connectivity index (χ2v) is 14.8. The Morgan fingerprint density at radius 3 is 1.34 bits per heavy atom. The molecule has 12 rings (SSSR count). The first-order chi connectivity index (χ1) is 29.2. The molecule has 0 N–H and O–H groups in total. The Kier molecular flexibility index (Phi) is 7.19. The van der Waals surface area contributed by atoms with Gasteiger partial charge in [0.2, 0.25) is 0 Å². The van der Waals surface area contributed by atoms with Crippen LogP contribution in [0.4, 0.5) is 0 Å². The van der Waals surface area contributed by atoms with Crippen LogP contribution in [-0.4, -0.2) is 19.1 Å². The fraction of sp³-hybridized carbons (Fsp3) is 0. The number of hydrogen-bond donors (Lipinski definition) is 0. The molecular formula is C53H31N5O. The monoisotopic (exact) mass is 753 g/mol. The molecule has 0 unspecified atom stereocenters. The molecule has 59 heavy (non-hydrogen) atoms. The summed E-state index contributed by atoms with van der Waals surface area (Å²) in [6.07, 6.45) is 0. The lowest BCUT2D eigenvalue weighted by Crippen LogP contribution is -2.06. The summed E-state index contributed by atoms with van der Waals surface area (Å²) in [6.45, 7) is 0. The van der Waals surface area contributed by atoms with Crippen LogP contribution in [-0.2, 0) is 0 Å². The van der Waals surface area contributed by atoms with Crippen LogP contribution in [0.2, 0.25) is 0 Å². The van der Waals surface area contributed by atoms with E-state index in [4.69, 9.17) is 14.4 Å². The van der Waals surface area contributed by atoms with Gasteiger partial charge in [-0.25, -0.2) is 9.97 Å². The highest BCUT2D eigenvalue weighted by atomic mass is 16.3.